The van der Waals surface area contributed by atoms with Crippen molar-refractivity contribution >= 4 is 33.2 Å². The van der Waals surface area contributed by atoms with Crippen molar-refractivity contribution in [1.82, 2.24) is 9.78 Å². The number of aromatic nitrogens is 2. The van der Waals surface area contributed by atoms with Crippen LogP contribution >= 0.6 is 27.5 Å². The Hall–Kier alpha value is -1.20. The van der Waals surface area contributed by atoms with Crippen LogP contribution in [0.1, 0.15) is 18.3 Å². The molecular formula is C14H17BrClN3O. The molecular weight excluding hydrogens is 342 g/mol. The van der Waals surface area contributed by atoms with Crippen LogP contribution in [0.2, 0.25) is 5.02 Å². The van der Waals surface area contributed by atoms with Gasteiger partial charge in [0.1, 0.15) is 5.75 Å². The van der Waals surface area contributed by atoms with Crippen molar-refractivity contribution in [3.05, 3.63) is 39.1 Å². The predicted octanol–water partition coefficient (Wildman–Crippen LogP) is 4.25. The van der Waals surface area contributed by atoms with Crippen LogP contribution in [-0.2, 0) is 13.1 Å². The van der Waals surface area contributed by atoms with Crippen molar-refractivity contribution in [2.24, 2.45) is 0 Å². The zero-order valence-electron chi connectivity index (χ0n) is 11.7. The first-order valence-electron chi connectivity index (χ1n) is 6.36. The third kappa shape index (κ3) is 3.10. The standard InChI is InChI=1S/C14H17BrClN3O/c1-4-19-12(14(15)9(2)18-19)8-17-11-7-10(16)5-6-13(11)20-3/h5-7,17H,4,8H2,1-3H3. The minimum absolute atomic E-state index is 0.645. The molecule has 1 N–H and O–H groups in total. The van der Waals surface area contributed by atoms with Gasteiger partial charge in [-0.25, -0.2) is 0 Å². The number of benzene rings is 1. The average Bonchev–Trinajstić information content (AvgIpc) is 2.72. The summed E-state index contributed by atoms with van der Waals surface area (Å²) in [7, 11) is 1.64. The van der Waals surface area contributed by atoms with E-state index in [4.69, 9.17) is 16.3 Å². The molecule has 1 aromatic heterocycles. The summed E-state index contributed by atoms with van der Waals surface area (Å²) in [5, 5.41) is 8.50. The molecule has 0 spiro atoms. The first-order chi connectivity index (χ1) is 9.56. The van der Waals surface area contributed by atoms with Crippen molar-refractivity contribution in [1.29, 1.82) is 0 Å². The van der Waals surface area contributed by atoms with E-state index >= 15 is 0 Å². The van der Waals surface area contributed by atoms with E-state index in [0.717, 1.165) is 33.8 Å². The summed E-state index contributed by atoms with van der Waals surface area (Å²) in [5.74, 6) is 0.768. The third-order valence-corrected chi connectivity index (χ3v) is 4.33. The summed E-state index contributed by atoms with van der Waals surface area (Å²) in [6.07, 6.45) is 0. The molecule has 0 saturated carbocycles. The van der Waals surface area contributed by atoms with Crippen LogP contribution in [-0.4, -0.2) is 16.9 Å². The molecule has 0 aliphatic carbocycles. The summed E-state index contributed by atoms with van der Waals surface area (Å²) < 4.78 is 8.34. The lowest BCUT2D eigenvalue weighted by atomic mass is 10.2. The Balaban J connectivity index is 2.23. The smallest absolute Gasteiger partial charge is 0.142 e. The monoisotopic (exact) mass is 357 g/mol. The molecule has 0 unspecified atom stereocenters. The van der Waals surface area contributed by atoms with Gasteiger partial charge in [-0.1, -0.05) is 11.6 Å². The number of nitrogens with one attached hydrogen (secondary N) is 1. The van der Waals surface area contributed by atoms with Gasteiger partial charge in [0.15, 0.2) is 0 Å². The van der Waals surface area contributed by atoms with E-state index in [0.29, 0.717) is 11.6 Å². The highest BCUT2D eigenvalue weighted by Gasteiger charge is 2.12. The molecule has 1 aromatic carbocycles. The van der Waals surface area contributed by atoms with Gasteiger partial charge in [0.2, 0.25) is 0 Å². The normalized spacial score (nSPS) is 10.7. The van der Waals surface area contributed by atoms with E-state index in [-0.39, 0.29) is 0 Å². The number of ether oxygens (including phenoxy) is 1. The second-order valence-corrected chi connectivity index (χ2v) is 5.59. The summed E-state index contributed by atoms with van der Waals surface area (Å²) in [4.78, 5) is 0. The number of methoxy groups -OCH3 is 1. The Morgan fingerprint density at radius 3 is 2.85 bits per heavy atom. The second kappa shape index (κ2) is 6.50. The van der Waals surface area contributed by atoms with Crippen LogP contribution in [0.4, 0.5) is 5.69 Å². The fourth-order valence-electron chi connectivity index (χ4n) is 2.04. The molecule has 1 heterocycles. The van der Waals surface area contributed by atoms with Gasteiger partial charge >= 0.3 is 0 Å². The average molecular weight is 359 g/mol. The molecule has 0 fully saturated rings. The maximum absolute atomic E-state index is 6.03. The van der Waals surface area contributed by atoms with Crippen molar-refractivity contribution < 1.29 is 4.74 Å². The number of aryl methyl sites for hydroxylation is 2. The maximum Gasteiger partial charge on any atom is 0.142 e. The van der Waals surface area contributed by atoms with Crippen LogP contribution in [0, 0.1) is 6.92 Å². The first kappa shape index (κ1) is 15.2. The number of halogens is 2. The van der Waals surface area contributed by atoms with Crippen LogP contribution in [0.15, 0.2) is 22.7 Å². The zero-order chi connectivity index (χ0) is 14.7. The lowest BCUT2D eigenvalue weighted by Crippen LogP contribution is -2.09. The van der Waals surface area contributed by atoms with Gasteiger partial charge in [-0.15, -0.1) is 0 Å². The van der Waals surface area contributed by atoms with Crippen molar-refractivity contribution in [3.8, 4) is 5.75 Å². The number of anilines is 1. The third-order valence-electron chi connectivity index (χ3n) is 3.06. The van der Waals surface area contributed by atoms with E-state index in [1.165, 1.54) is 0 Å². The summed E-state index contributed by atoms with van der Waals surface area (Å²) >= 11 is 9.61. The SMILES string of the molecule is CCn1nc(C)c(Br)c1CNc1cc(Cl)ccc1OC. The second-order valence-electron chi connectivity index (χ2n) is 4.36. The van der Waals surface area contributed by atoms with E-state index in [2.05, 4.69) is 33.3 Å². The lowest BCUT2D eigenvalue weighted by Gasteiger charge is -2.12. The minimum Gasteiger partial charge on any atom is -0.495 e. The molecule has 2 rings (SSSR count). The van der Waals surface area contributed by atoms with Crippen LogP contribution < -0.4 is 10.1 Å². The van der Waals surface area contributed by atoms with Crippen molar-refractivity contribution in [2.45, 2.75) is 26.9 Å². The summed E-state index contributed by atoms with van der Waals surface area (Å²) in [5.41, 5.74) is 2.96. The lowest BCUT2D eigenvalue weighted by molar-refractivity contribution is 0.416. The fraction of sp³-hybridized carbons (Fsp3) is 0.357. The number of hydrogen-bond donors (Lipinski definition) is 1. The molecule has 0 atom stereocenters. The highest BCUT2D eigenvalue weighted by Crippen LogP contribution is 2.29. The highest BCUT2D eigenvalue weighted by molar-refractivity contribution is 9.10. The molecule has 6 heteroatoms. The molecule has 0 aliphatic rings. The Bertz CT molecular complexity index is 613. The van der Waals surface area contributed by atoms with Gasteiger partial charge in [0.25, 0.3) is 0 Å². The molecule has 0 amide bonds. The highest BCUT2D eigenvalue weighted by atomic mass is 79.9. The molecule has 0 radical (unpaired) electrons. The van der Waals surface area contributed by atoms with Crippen molar-refractivity contribution in [2.75, 3.05) is 12.4 Å². The van der Waals surface area contributed by atoms with Crippen LogP contribution in [0.25, 0.3) is 0 Å². The molecule has 0 aliphatic heterocycles. The number of nitrogens with zero attached hydrogens (tertiary/aromatic N) is 2. The van der Waals surface area contributed by atoms with Gasteiger partial charge in [0, 0.05) is 11.6 Å². The maximum atomic E-state index is 6.03. The van der Waals surface area contributed by atoms with Crippen LogP contribution in [0.3, 0.4) is 0 Å². The fourth-order valence-corrected chi connectivity index (χ4v) is 2.63. The first-order valence-corrected chi connectivity index (χ1v) is 7.53. The van der Waals surface area contributed by atoms with Gasteiger partial charge < -0.3 is 10.1 Å². The Labute approximate surface area is 132 Å². The number of hydrogen-bond acceptors (Lipinski definition) is 3. The Morgan fingerprint density at radius 1 is 1.45 bits per heavy atom. The predicted molar refractivity (Wildman–Crippen MR) is 85.7 cm³/mol. The molecule has 0 saturated heterocycles. The van der Waals surface area contributed by atoms with E-state index < -0.39 is 0 Å². The largest absolute Gasteiger partial charge is 0.495 e. The molecule has 4 nitrogen and oxygen atoms in total. The van der Waals surface area contributed by atoms with E-state index in [9.17, 15) is 0 Å². The van der Waals surface area contributed by atoms with Crippen molar-refractivity contribution in [3.63, 3.8) is 0 Å². The van der Waals surface area contributed by atoms with E-state index in [1.54, 1.807) is 7.11 Å². The van der Waals surface area contributed by atoms with Crippen LogP contribution in [0.5, 0.6) is 5.75 Å². The Morgan fingerprint density at radius 2 is 2.20 bits per heavy atom. The van der Waals surface area contributed by atoms with Gasteiger partial charge in [-0.05, 0) is 48.0 Å². The van der Waals surface area contributed by atoms with Gasteiger partial charge in [-0.2, -0.15) is 5.10 Å². The molecule has 20 heavy (non-hydrogen) atoms. The topological polar surface area (TPSA) is 39.1 Å². The molecule has 108 valence electrons. The zero-order valence-corrected chi connectivity index (χ0v) is 14.0. The van der Waals surface area contributed by atoms with E-state index in [1.807, 2.05) is 29.8 Å². The molecule has 2 aromatic rings. The molecule has 0 bridgehead atoms. The minimum atomic E-state index is 0.645. The Kier molecular flexibility index (Phi) is 4.94. The van der Waals surface area contributed by atoms with Gasteiger partial charge in [0.05, 0.1) is 35.2 Å². The quantitative estimate of drug-likeness (QED) is 0.868. The summed E-state index contributed by atoms with van der Waals surface area (Å²) in [6.45, 7) is 5.53. The number of rotatable bonds is 5. The summed E-state index contributed by atoms with van der Waals surface area (Å²) in [6, 6.07) is 5.51. The van der Waals surface area contributed by atoms with Gasteiger partial charge in [-0.3, -0.25) is 4.68 Å².